The zero-order chi connectivity index (χ0) is 30.4. The third-order valence-corrected chi connectivity index (χ3v) is 9.81. The Kier molecular flexibility index (Phi) is 6.59. The average Bonchev–Trinajstić information content (AvgIpc) is 3.62. The summed E-state index contributed by atoms with van der Waals surface area (Å²) < 4.78 is 86.5. The van der Waals surface area contributed by atoms with Crippen LogP contribution in [0.1, 0.15) is 49.7 Å². The fourth-order valence-electron chi connectivity index (χ4n) is 7.47. The second kappa shape index (κ2) is 9.91. The summed E-state index contributed by atoms with van der Waals surface area (Å²) in [4.78, 5) is 16.9. The molecule has 43 heavy (non-hydrogen) atoms. The molecule has 0 amide bonds. The van der Waals surface area contributed by atoms with Gasteiger partial charge >= 0.3 is 12.2 Å². The maximum Gasteiger partial charge on any atom is 0.418 e. The van der Waals surface area contributed by atoms with Gasteiger partial charge in [-0.15, -0.1) is 0 Å². The van der Waals surface area contributed by atoms with E-state index in [1.54, 1.807) is 0 Å². The standard InChI is InChI=1S/C29H30ClF5N6O2/c1-13-8-17(36)37-23(20(13)29(33,34)35)18-21(30)25-19-24(22(18)32)38-27(39-26(19)40(2)15-4-5-16(9-15)43-25)42-12-28-6-3-7-41(28)11-14(31)10-28/h8,14-16H,3-7,9-12H2,1-2H3,(H2,36,37)/t14-,15?,16?,28+/m1/s1. The van der Waals surface area contributed by atoms with Crippen LogP contribution in [0.3, 0.4) is 0 Å². The summed E-state index contributed by atoms with van der Waals surface area (Å²) in [6.45, 7) is 2.39. The van der Waals surface area contributed by atoms with Crippen molar-refractivity contribution in [1.82, 2.24) is 19.9 Å². The third kappa shape index (κ3) is 4.52. The van der Waals surface area contributed by atoms with Crippen molar-refractivity contribution in [2.24, 2.45) is 0 Å². The van der Waals surface area contributed by atoms with Gasteiger partial charge in [0.05, 0.1) is 32.8 Å². The highest BCUT2D eigenvalue weighted by molar-refractivity contribution is 6.36. The lowest BCUT2D eigenvalue weighted by Crippen LogP contribution is -2.43. The van der Waals surface area contributed by atoms with Crippen LogP contribution in [0.25, 0.3) is 22.2 Å². The van der Waals surface area contributed by atoms with Gasteiger partial charge in [-0.05, 0) is 50.8 Å². The molecule has 1 saturated carbocycles. The topological polar surface area (TPSA) is 89.6 Å². The van der Waals surface area contributed by atoms with Crippen LogP contribution in [0, 0.1) is 12.7 Å². The van der Waals surface area contributed by atoms with Crippen molar-refractivity contribution in [3.8, 4) is 23.0 Å². The predicted octanol–water partition coefficient (Wildman–Crippen LogP) is 6.10. The minimum atomic E-state index is -4.89. The van der Waals surface area contributed by atoms with E-state index >= 15 is 4.39 Å². The van der Waals surface area contributed by atoms with Crippen molar-refractivity contribution in [2.75, 3.05) is 37.4 Å². The molecular weight excluding hydrogens is 595 g/mol. The van der Waals surface area contributed by atoms with Crippen molar-refractivity contribution >= 4 is 34.1 Å². The monoisotopic (exact) mass is 624 g/mol. The van der Waals surface area contributed by atoms with Gasteiger partial charge in [-0.3, -0.25) is 4.90 Å². The summed E-state index contributed by atoms with van der Waals surface area (Å²) in [5, 5.41) is -0.233. The Balaban J connectivity index is 1.45. The second-order valence-corrected chi connectivity index (χ2v) is 12.5. The molecular formula is C29H30ClF5N6O2. The number of benzene rings is 1. The molecule has 0 spiro atoms. The number of fused-ring (bicyclic) bond motifs is 3. The van der Waals surface area contributed by atoms with Crippen molar-refractivity contribution in [3.05, 3.63) is 28.0 Å². The minimum absolute atomic E-state index is 0.0153. The average molecular weight is 625 g/mol. The molecule has 4 atom stereocenters. The Bertz CT molecular complexity index is 1640. The number of nitrogens with two attached hydrogens (primary N) is 1. The zero-order valence-corrected chi connectivity index (χ0v) is 24.3. The summed E-state index contributed by atoms with van der Waals surface area (Å²) >= 11 is 6.77. The Morgan fingerprint density at radius 3 is 2.79 bits per heavy atom. The summed E-state index contributed by atoms with van der Waals surface area (Å²) in [6, 6.07) is 0.927. The SMILES string of the molecule is Cc1cc(N)nc(-c2c(Cl)c3c4c(nc(OC[C@@]56CCCN5C[C@H](F)C6)nc4c2F)N(C)C2CCC(C2)O3)c1C(F)(F)F. The van der Waals surface area contributed by atoms with E-state index in [4.69, 9.17) is 26.8 Å². The van der Waals surface area contributed by atoms with Crippen molar-refractivity contribution < 1.29 is 31.4 Å². The number of ether oxygens (including phenoxy) is 2. The van der Waals surface area contributed by atoms with E-state index in [1.807, 2.05) is 11.9 Å². The Morgan fingerprint density at radius 2 is 2.02 bits per heavy atom. The third-order valence-electron chi connectivity index (χ3n) is 9.45. The van der Waals surface area contributed by atoms with Crippen LogP contribution in [0.5, 0.6) is 11.8 Å². The second-order valence-electron chi connectivity index (χ2n) is 12.2. The fraction of sp³-hybridized carbons (Fsp3) is 0.552. The molecule has 8 nitrogen and oxygen atoms in total. The Hall–Kier alpha value is -3.19. The molecule has 2 aromatic heterocycles. The quantitative estimate of drug-likeness (QED) is 0.349. The molecule has 5 heterocycles. The molecule has 1 aliphatic carbocycles. The summed E-state index contributed by atoms with van der Waals surface area (Å²) in [5.74, 6) is -1.08. The number of hydrogen-bond donors (Lipinski definition) is 1. The number of nitrogens with zero attached hydrogens (tertiary/aromatic N) is 5. The summed E-state index contributed by atoms with van der Waals surface area (Å²) in [7, 11) is 1.82. The lowest BCUT2D eigenvalue weighted by Gasteiger charge is -2.32. The van der Waals surface area contributed by atoms with E-state index in [2.05, 4.69) is 19.9 Å². The van der Waals surface area contributed by atoms with Crippen LogP contribution in [-0.4, -0.2) is 70.5 Å². The lowest BCUT2D eigenvalue weighted by atomic mass is 9.95. The van der Waals surface area contributed by atoms with Gasteiger partial charge in [-0.1, -0.05) is 11.6 Å². The summed E-state index contributed by atoms with van der Waals surface area (Å²) in [6.07, 6.45) is -2.18. The summed E-state index contributed by atoms with van der Waals surface area (Å²) in [5.41, 5.74) is 2.27. The van der Waals surface area contributed by atoms with E-state index in [0.717, 1.165) is 31.9 Å². The number of anilines is 2. The molecule has 230 valence electrons. The van der Waals surface area contributed by atoms with Gasteiger partial charge < -0.3 is 20.1 Å². The largest absolute Gasteiger partial charge is 0.488 e. The molecule has 3 aromatic rings. The highest BCUT2D eigenvalue weighted by atomic mass is 35.5. The first-order valence-electron chi connectivity index (χ1n) is 14.3. The van der Waals surface area contributed by atoms with Crippen LogP contribution >= 0.6 is 11.6 Å². The lowest BCUT2D eigenvalue weighted by molar-refractivity contribution is -0.137. The van der Waals surface area contributed by atoms with E-state index < -0.39 is 40.5 Å². The molecule has 2 N–H and O–H groups in total. The molecule has 0 radical (unpaired) electrons. The first-order chi connectivity index (χ1) is 20.4. The molecule has 2 bridgehead atoms. The fourth-order valence-corrected chi connectivity index (χ4v) is 7.78. The van der Waals surface area contributed by atoms with Crippen molar-refractivity contribution in [1.29, 1.82) is 0 Å². The molecule has 2 unspecified atom stereocenters. The minimum Gasteiger partial charge on any atom is -0.488 e. The number of nitrogen functional groups attached to an aromatic ring is 1. The highest BCUT2D eigenvalue weighted by Crippen LogP contribution is 2.51. The number of aromatic nitrogens is 3. The van der Waals surface area contributed by atoms with Crippen LogP contribution < -0.4 is 20.1 Å². The highest BCUT2D eigenvalue weighted by Gasteiger charge is 2.49. The van der Waals surface area contributed by atoms with E-state index in [1.165, 1.54) is 6.92 Å². The number of halogens is 6. The maximum atomic E-state index is 16.7. The normalized spacial score (nSPS) is 26.9. The van der Waals surface area contributed by atoms with Crippen LogP contribution in [0.15, 0.2) is 6.07 Å². The number of hydrogen-bond acceptors (Lipinski definition) is 8. The van der Waals surface area contributed by atoms with Gasteiger partial charge in [0.1, 0.15) is 36.0 Å². The van der Waals surface area contributed by atoms with Crippen LogP contribution in [0.2, 0.25) is 5.02 Å². The smallest absolute Gasteiger partial charge is 0.418 e. The number of pyridine rings is 1. The predicted molar refractivity (Wildman–Crippen MR) is 151 cm³/mol. The number of aryl methyl sites for hydroxylation is 1. The van der Waals surface area contributed by atoms with Gasteiger partial charge in [0, 0.05) is 32.5 Å². The van der Waals surface area contributed by atoms with E-state index in [-0.39, 0.29) is 63.6 Å². The maximum absolute atomic E-state index is 16.7. The molecule has 3 fully saturated rings. The Morgan fingerprint density at radius 1 is 1.23 bits per heavy atom. The van der Waals surface area contributed by atoms with Gasteiger partial charge in [0.15, 0.2) is 11.6 Å². The first kappa shape index (κ1) is 28.6. The zero-order valence-electron chi connectivity index (χ0n) is 23.6. The van der Waals surface area contributed by atoms with Gasteiger partial charge in [-0.25, -0.2) is 13.8 Å². The van der Waals surface area contributed by atoms with Crippen LogP contribution in [-0.2, 0) is 6.18 Å². The van der Waals surface area contributed by atoms with Crippen molar-refractivity contribution in [2.45, 2.75) is 75.5 Å². The van der Waals surface area contributed by atoms with Gasteiger partial charge in [0.25, 0.3) is 0 Å². The number of rotatable bonds is 4. The van der Waals surface area contributed by atoms with Gasteiger partial charge in [-0.2, -0.15) is 23.1 Å². The van der Waals surface area contributed by atoms with E-state index in [0.29, 0.717) is 25.8 Å². The Labute approximate surface area is 249 Å². The molecule has 2 saturated heterocycles. The van der Waals surface area contributed by atoms with Crippen molar-refractivity contribution in [3.63, 3.8) is 0 Å². The van der Waals surface area contributed by atoms with E-state index in [9.17, 15) is 17.6 Å². The van der Waals surface area contributed by atoms with Gasteiger partial charge in [0.2, 0.25) is 0 Å². The number of alkyl halides is 4. The first-order valence-corrected chi connectivity index (χ1v) is 14.7. The van der Waals surface area contributed by atoms with Crippen LogP contribution in [0.4, 0.5) is 33.6 Å². The molecule has 3 aliphatic heterocycles. The molecule has 4 aliphatic rings. The molecule has 7 rings (SSSR count). The molecule has 1 aromatic carbocycles. The molecule has 14 heteroatoms.